The van der Waals surface area contributed by atoms with Crippen molar-refractivity contribution >= 4 is 33.0 Å². The summed E-state index contributed by atoms with van der Waals surface area (Å²) < 4.78 is 1.18. The second-order valence-corrected chi connectivity index (χ2v) is 5.40. The minimum Gasteiger partial charge on any atom is -0.399 e. The van der Waals surface area contributed by atoms with Crippen molar-refractivity contribution in [2.75, 3.05) is 5.73 Å². The second-order valence-electron chi connectivity index (χ2n) is 3.54. The van der Waals surface area contributed by atoms with Crippen molar-refractivity contribution in [3.63, 3.8) is 0 Å². The van der Waals surface area contributed by atoms with Crippen LogP contribution in [0.4, 0.5) is 5.69 Å². The molecule has 2 nitrogen and oxygen atoms in total. The summed E-state index contributed by atoms with van der Waals surface area (Å²) in [6.45, 7) is 1.72. The average Bonchev–Trinajstić information content (AvgIpc) is 2.65. The number of rotatable bonds is 4. The summed E-state index contributed by atoms with van der Waals surface area (Å²) in [7, 11) is 0. The van der Waals surface area contributed by atoms with E-state index in [-0.39, 0.29) is 0 Å². The van der Waals surface area contributed by atoms with Crippen LogP contribution in [0.3, 0.4) is 0 Å². The lowest BCUT2D eigenvalue weighted by Gasteiger charge is -2.04. The SMILES string of the molecule is Nc1cccc(CNCc2sccc2Br)c1. The largest absolute Gasteiger partial charge is 0.399 e. The maximum Gasteiger partial charge on any atom is 0.0327 e. The Morgan fingerprint density at radius 2 is 2.12 bits per heavy atom. The zero-order valence-electron chi connectivity index (χ0n) is 8.74. The molecular formula is C12H13BrN2S. The summed E-state index contributed by atoms with van der Waals surface area (Å²) >= 11 is 5.27. The Kier molecular flexibility index (Phi) is 3.98. The fourth-order valence-corrected chi connectivity index (χ4v) is 2.94. The highest BCUT2D eigenvalue weighted by atomic mass is 79.9. The molecule has 4 heteroatoms. The number of anilines is 1. The summed E-state index contributed by atoms with van der Waals surface area (Å²) in [6.07, 6.45) is 0. The maximum absolute atomic E-state index is 5.72. The fourth-order valence-electron chi connectivity index (χ4n) is 1.47. The monoisotopic (exact) mass is 296 g/mol. The molecule has 1 aromatic carbocycles. The van der Waals surface area contributed by atoms with Crippen molar-refractivity contribution in [2.45, 2.75) is 13.1 Å². The van der Waals surface area contributed by atoms with Gasteiger partial charge in [-0.05, 0) is 45.1 Å². The Hall–Kier alpha value is -0.840. The first kappa shape index (κ1) is 11.6. The second kappa shape index (κ2) is 5.48. The van der Waals surface area contributed by atoms with E-state index in [0.717, 1.165) is 18.8 Å². The average molecular weight is 297 g/mol. The van der Waals surface area contributed by atoms with E-state index in [1.54, 1.807) is 11.3 Å². The number of nitrogens with two attached hydrogens (primary N) is 1. The van der Waals surface area contributed by atoms with Gasteiger partial charge in [0.1, 0.15) is 0 Å². The molecule has 0 radical (unpaired) electrons. The van der Waals surface area contributed by atoms with Gasteiger partial charge in [-0.1, -0.05) is 12.1 Å². The van der Waals surface area contributed by atoms with Gasteiger partial charge in [-0.25, -0.2) is 0 Å². The Bertz CT molecular complexity index is 468. The zero-order valence-corrected chi connectivity index (χ0v) is 11.1. The summed E-state index contributed by atoms with van der Waals surface area (Å²) in [6, 6.07) is 10.0. The fraction of sp³-hybridized carbons (Fsp3) is 0.167. The van der Waals surface area contributed by atoms with Gasteiger partial charge < -0.3 is 11.1 Å². The van der Waals surface area contributed by atoms with Crippen molar-refractivity contribution in [3.8, 4) is 0 Å². The first-order chi connectivity index (χ1) is 7.75. The third-order valence-corrected chi connectivity index (χ3v) is 4.18. The lowest BCUT2D eigenvalue weighted by atomic mass is 10.2. The van der Waals surface area contributed by atoms with Crippen LogP contribution in [-0.2, 0) is 13.1 Å². The van der Waals surface area contributed by atoms with Crippen LogP contribution < -0.4 is 11.1 Å². The molecule has 2 aromatic rings. The first-order valence-electron chi connectivity index (χ1n) is 5.03. The zero-order chi connectivity index (χ0) is 11.4. The summed E-state index contributed by atoms with van der Waals surface area (Å²) in [5.41, 5.74) is 7.75. The molecule has 0 aliphatic carbocycles. The molecule has 0 fully saturated rings. The van der Waals surface area contributed by atoms with E-state index in [1.807, 2.05) is 18.2 Å². The van der Waals surface area contributed by atoms with E-state index in [4.69, 9.17) is 5.73 Å². The Balaban J connectivity index is 1.87. The molecule has 1 heterocycles. The first-order valence-corrected chi connectivity index (χ1v) is 6.70. The van der Waals surface area contributed by atoms with Gasteiger partial charge in [-0.3, -0.25) is 0 Å². The summed E-state index contributed by atoms with van der Waals surface area (Å²) in [4.78, 5) is 1.32. The minimum absolute atomic E-state index is 0.816. The quantitative estimate of drug-likeness (QED) is 0.849. The smallest absolute Gasteiger partial charge is 0.0327 e. The van der Waals surface area contributed by atoms with Gasteiger partial charge in [0, 0.05) is 28.1 Å². The number of thiophene rings is 1. The molecule has 2 rings (SSSR count). The van der Waals surface area contributed by atoms with E-state index < -0.39 is 0 Å². The molecule has 0 saturated heterocycles. The van der Waals surface area contributed by atoms with Gasteiger partial charge in [0.2, 0.25) is 0 Å². The number of nitrogens with one attached hydrogen (secondary N) is 1. The summed E-state index contributed by atoms with van der Waals surface area (Å²) in [5, 5.41) is 5.48. The van der Waals surface area contributed by atoms with Crippen LogP contribution in [0, 0.1) is 0 Å². The van der Waals surface area contributed by atoms with Crippen molar-refractivity contribution < 1.29 is 0 Å². The lowest BCUT2D eigenvalue weighted by Crippen LogP contribution is -2.12. The molecule has 0 unspecified atom stereocenters. The molecule has 3 N–H and O–H groups in total. The van der Waals surface area contributed by atoms with E-state index in [1.165, 1.54) is 14.9 Å². The molecule has 0 atom stereocenters. The normalized spacial score (nSPS) is 10.6. The van der Waals surface area contributed by atoms with Crippen LogP contribution >= 0.6 is 27.3 Å². The van der Waals surface area contributed by atoms with Crippen LogP contribution in [0.5, 0.6) is 0 Å². The molecular weight excluding hydrogens is 284 g/mol. The minimum atomic E-state index is 0.816. The Morgan fingerprint density at radius 1 is 1.25 bits per heavy atom. The molecule has 0 saturated carbocycles. The van der Waals surface area contributed by atoms with Gasteiger partial charge in [0.05, 0.1) is 0 Å². The van der Waals surface area contributed by atoms with Gasteiger partial charge >= 0.3 is 0 Å². The Labute approximate surface area is 108 Å². The molecule has 84 valence electrons. The van der Waals surface area contributed by atoms with E-state index in [0.29, 0.717) is 0 Å². The van der Waals surface area contributed by atoms with Gasteiger partial charge in [0.25, 0.3) is 0 Å². The lowest BCUT2D eigenvalue weighted by molar-refractivity contribution is 0.699. The molecule has 0 aliphatic heterocycles. The third-order valence-electron chi connectivity index (χ3n) is 2.26. The maximum atomic E-state index is 5.72. The molecule has 1 aromatic heterocycles. The number of hydrogen-bond donors (Lipinski definition) is 2. The highest BCUT2D eigenvalue weighted by Gasteiger charge is 2.00. The van der Waals surface area contributed by atoms with Gasteiger partial charge in [0.15, 0.2) is 0 Å². The van der Waals surface area contributed by atoms with Crippen molar-refractivity contribution in [3.05, 3.63) is 50.6 Å². The molecule has 0 spiro atoms. The molecule has 16 heavy (non-hydrogen) atoms. The van der Waals surface area contributed by atoms with E-state index in [9.17, 15) is 0 Å². The van der Waals surface area contributed by atoms with E-state index in [2.05, 4.69) is 38.8 Å². The molecule has 0 aliphatic rings. The van der Waals surface area contributed by atoms with Gasteiger partial charge in [-0.15, -0.1) is 11.3 Å². The number of benzene rings is 1. The molecule has 0 amide bonds. The van der Waals surface area contributed by atoms with Crippen LogP contribution in [-0.4, -0.2) is 0 Å². The topological polar surface area (TPSA) is 38.0 Å². The number of halogens is 1. The predicted octanol–water partition coefficient (Wildman–Crippen LogP) is 3.38. The highest BCUT2D eigenvalue weighted by molar-refractivity contribution is 9.10. The van der Waals surface area contributed by atoms with Crippen LogP contribution in [0.1, 0.15) is 10.4 Å². The van der Waals surface area contributed by atoms with Crippen LogP contribution in [0.15, 0.2) is 40.2 Å². The summed E-state index contributed by atoms with van der Waals surface area (Å²) in [5.74, 6) is 0. The number of hydrogen-bond acceptors (Lipinski definition) is 3. The number of nitrogen functional groups attached to an aromatic ring is 1. The van der Waals surface area contributed by atoms with Crippen molar-refractivity contribution in [1.29, 1.82) is 0 Å². The van der Waals surface area contributed by atoms with Gasteiger partial charge in [-0.2, -0.15) is 0 Å². The molecule has 0 bridgehead atoms. The highest BCUT2D eigenvalue weighted by Crippen LogP contribution is 2.22. The third kappa shape index (κ3) is 3.07. The van der Waals surface area contributed by atoms with Crippen molar-refractivity contribution in [2.24, 2.45) is 0 Å². The van der Waals surface area contributed by atoms with Crippen LogP contribution in [0.25, 0.3) is 0 Å². The predicted molar refractivity (Wildman–Crippen MR) is 73.4 cm³/mol. The Morgan fingerprint density at radius 3 is 2.81 bits per heavy atom. The van der Waals surface area contributed by atoms with Crippen LogP contribution in [0.2, 0.25) is 0 Å². The van der Waals surface area contributed by atoms with E-state index >= 15 is 0 Å². The standard InChI is InChI=1S/C12H13BrN2S/c13-11-4-5-16-12(11)8-15-7-9-2-1-3-10(14)6-9/h1-6,15H,7-8,14H2. The van der Waals surface area contributed by atoms with Crippen molar-refractivity contribution in [1.82, 2.24) is 5.32 Å².